The Hall–Kier alpha value is -1.34. The first-order valence-electron chi connectivity index (χ1n) is 6.07. The van der Waals surface area contributed by atoms with Gasteiger partial charge in [-0.15, -0.1) is 11.3 Å². The predicted molar refractivity (Wildman–Crippen MR) is 81.4 cm³/mol. The van der Waals surface area contributed by atoms with Gasteiger partial charge in [0.25, 0.3) is 0 Å². The molecule has 7 heteroatoms. The second kappa shape index (κ2) is 6.72. The molecule has 2 aromatic rings. The van der Waals surface area contributed by atoms with E-state index in [0.29, 0.717) is 11.9 Å². The smallest absolute Gasteiger partial charge is 0.230 e. The van der Waals surface area contributed by atoms with Crippen molar-refractivity contribution in [2.75, 3.05) is 30.9 Å². The van der Waals surface area contributed by atoms with Crippen LogP contribution in [0.2, 0.25) is 0 Å². The highest BCUT2D eigenvalue weighted by Gasteiger charge is 2.09. The topological polar surface area (TPSA) is 53.9 Å². The van der Waals surface area contributed by atoms with Gasteiger partial charge in [0.05, 0.1) is 4.21 Å². The first-order chi connectivity index (χ1) is 9.19. The number of rotatable bonds is 6. The van der Waals surface area contributed by atoms with Crippen molar-refractivity contribution >= 4 is 35.0 Å². The molecule has 0 aliphatic carbocycles. The van der Waals surface area contributed by atoms with E-state index < -0.39 is 0 Å². The molecule has 0 aromatic carbocycles. The number of thiophene rings is 1. The molecule has 0 spiro atoms. The average molecular weight is 295 g/mol. The highest BCUT2D eigenvalue weighted by Crippen LogP contribution is 2.29. The molecule has 5 nitrogen and oxygen atoms in total. The number of hydrogen-bond acceptors (Lipinski definition) is 7. The van der Waals surface area contributed by atoms with Crippen LogP contribution in [0.15, 0.2) is 26.9 Å². The molecular formula is C12H17N5S2. The summed E-state index contributed by atoms with van der Waals surface area (Å²) in [4.78, 5) is 15.2. The Kier molecular flexibility index (Phi) is 4.98. The lowest BCUT2D eigenvalue weighted by atomic mass is 10.5. The molecule has 2 aromatic heterocycles. The molecule has 0 radical (unpaired) electrons. The van der Waals surface area contributed by atoms with Gasteiger partial charge in [0, 0.05) is 20.6 Å². The summed E-state index contributed by atoms with van der Waals surface area (Å²) in [5.74, 6) is 1.31. The maximum Gasteiger partial charge on any atom is 0.230 e. The molecule has 0 saturated carbocycles. The van der Waals surface area contributed by atoms with Crippen LogP contribution in [0, 0.1) is 0 Å². The Bertz CT molecular complexity index is 513. The van der Waals surface area contributed by atoms with Crippen LogP contribution < -0.4 is 10.2 Å². The van der Waals surface area contributed by atoms with Gasteiger partial charge in [0.1, 0.15) is 0 Å². The minimum absolute atomic E-state index is 0.639. The van der Waals surface area contributed by atoms with Gasteiger partial charge in [-0.3, -0.25) is 0 Å². The molecular weight excluding hydrogens is 278 g/mol. The fourth-order valence-corrected chi connectivity index (χ4v) is 2.94. The van der Waals surface area contributed by atoms with Gasteiger partial charge < -0.3 is 10.2 Å². The highest BCUT2D eigenvalue weighted by molar-refractivity contribution is 8.01. The molecule has 102 valence electrons. The van der Waals surface area contributed by atoms with E-state index in [9.17, 15) is 0 Å². The molecule has 2 heterocycles. The fraction of sp³-hybridized carbons (Fsp3) is 0.417. The van der Waals surface area contributed by atoms with E-state index in [2.05, 4.69) is 33.3 Å². The molecule has 0 aliphatic heterocycles. The summed E-state index contributed by atoms with van der Waals surface area (Å²) >= 11 is 3.25. The summed E-state index contributed by atoms with van der Waals surface area (Å²) in [5, 5.41) is 5.98. The first kappa shape index (κ1) is 14.1. The van der Waals surface area contributed by atoms with Crippen LogP contribution in [0.1, 0.15) is 13.3 Å². The van der Waals surface area contributed by atoms with Crippen molar-refractivity contribution in [3.05, 3.63) is 17.5 Å². The maximum atomic E-state index is 4.45. The Balaban J connectivity index is 2.23. The summed E-state index contributed by atoms with van der Waals surface area (Å²) in [6, 6.07) is 4.09. The van der Waals surface area contributed by atoms with Crippen LogP contribution in [0.5, 0.6) is 0 Å². The monoisotopic (exact) mass is 295 g/mol. The van der Waals surface area contributed by atoms with Gasteiger partial charge in [-0.2, -0.15) is 15.0 Å². The van der Waals surface area contributed by atoms with Gasteiger partial charge in [-0.1, -0.05) is 13.0 Å². The van der Waals surface area contributed by atoms with E-state index in [1.54, 1.807) is 23.1 Å². The standard InChI is InChI=1S/C12H17N5S2/c1-4-7-13-10-14-11(17(2)3)16-12(15-10)19-9-6-5-8-18-9/h5-6,8H,4,7H2,1-3H3,(H,13,14,15,16). The van der Waals surface area contributed by atoms with Crippen LogP contribution in [0.25, 0.3) is 0 Å². The molecule has 0 amide bonds. The van der Waals surface area contributed by atoms with E-state index >= 15 is 0 Å². The zero-order valence-corrected chi connectivity index (χ0v) is 12.9. The van der Waals surface area contributed by atoms with E-state index in [4.69, 9.17) is 0 Å². The first-order valence-corrected chi connectivity index (χ1v) is 7.77. The molecule has 2 rings (SSSR count). The van der Waals surface area contributed by atoms with Gasteiger partial charge >= 0.3 is 0 Å². The SMILES string of the molecule is CCCNc1nc(Sc2cccs2)nc(N(C)C)n1. The molecule has 0 saturated heterocycles. The Morgan fingerprint density at radius 1 is 1.32 bits per heavy atom. The average Bonchev–Trinajstić information content (AvgIpc) is 2.89. The van der Waals surface area contributed by atoms with Crippen molar-refractivity contribution in [3.8, 4) is 0 Å². The molecule has 0 fully saturated rings. The summed E-state index contributed by atoms with van der Waals surface area (Å²) < 4.78 is 1.18. The van der Waals surface area contributed by atoms with E-state index in [0.717, 1.165) is 18.1 Å². The van der Waals surface area contributed by atoms with Crippen LogP contribution in [-0.4, -0.2) is 35.6 Å². The summed E-state index contributed by atoms with van der Waals surface area (Å²) in [7, 11) is 3.86. The second-order valence-electron chi connectivity index (χ2n) is 4.10. The quantitative estimate of drug-likeness (QED) is 0.884. The lowest BCUT2D eigenvalue weighted by Crippen LogP contribution is -2.16. The van der Waals surface area contributed by atoms with E-state index in [1.165, 1.54) is 4.21 Å². The molecule has 0 atom stereocenters. The highest BCUT2D eigenvalue weighted by atomic mass is 32.2. The summed E-state index contributed by atoms with van der Waals surface area (Å²) in [6.45, 7) is 2.97. The second-order valence-corrected chi connectivity index (χ2v) is 6.31. The molecule has 0 aliphatic rings. The summed E-state index contributed by atoms with van der Waals surface area (Å²) in [6.07, 6.45) is 1.04. The molecule has 0 unspecified atom stereocenters. The largest absolute Gasteiger partial charge is 0.354 e. The van der Waals surface area contributed by atoms with Crippen molar-refractivity contribution in [2.24, 2.45) is 0 Å². The number of nitrogens with one attached hydrogen (secondary N) is 1. The van der Waals surface area contributed by atoms with Crippen molar-refractivity contribution in [1.29, 1.82) is 0 Å². The van der Waals surface area contributed by atoms with Crippen LogP contribution >= 0.6 is 23.1 Å². The molecule has 0 bridgehead atoms. The van der Waals surface area contributed by atoms with Crippen LogP contribution in [0.4, 0.5) is 11.9 Å². The van der Waals surface area contributed by atoms with Crippen molar-refractivity contribution in [1.82, 2.24) is 15.0 Å². The van der Waals surface area contributed by atoms with Crippen LogP contribution in [0.3, 0.4) is 0 Å². The molecule has 1 N–H and O–H groups in total. The predicted octanol–water partition coefficient (Wildman–Crippen LogP) is 2.97. The Labute approximate surface area is 121 Å². The third-order valence-electron chi connectivity index (χ3n) is 2.22. The zero-order chi connectivity index (χ0) is 13.7. The minimum atomic E-state index is 0.639. The van der Waals surface area contributed by atoms with Gasteiger partial charge in [0.2, 0.25) is 11.9 Å². The van der Waals surface area contributed by atoms with Crippen molar-refractivity contribution in [2.45, 2.75) is 22.7 Å². The normalized spacial score (nSPS) is 10.5. The Morgan fingerprint density at radius 3 is 2.79 bits per heavy atom. The zero-order valence-electron chi connectivity index (χ0n) is 11.3. The Morgan fingerprint density at radius 2 is 2.16 bits per heavy atom. The fourth-order valence-electron chi connectivity index (χ4n) is 1.32. The lowest BCUT2D eigenvalue weighted by Gasteiger charge is -2.12. The number of anilines is 2. The lowest BCUT2D eigenvalue weighted by molar-refractivity contribution is 0.852. The van der Waals surface area contributed by atoms with Gasteiger partial charge in [-0.05, 0) is 29.6 Å². The van der Waals surface area contributed by atoms with E-state index in [-0.39, 0.29) is 0 Å². The third-order valence-corrected chi connectivity index (χ3v) is 4.13. The summed E-state index contributed by atoms with van der Waals surface area (Å²) in [5.41, 5.74) is 0. The molecule has 19 heavy (non-hydrogen) atoms. The van der Waals surface area contributed by atoms with Crippen molar-refractivity contribution in [3.63, 3.8) is 0 Å². The van der Waals surface area contributed by atoms with Crippen LogP contribution in [-0.2, 0) is 0 Å². The van der Waals surface area contributed by atoms with Gasteiger partial charge in [0.15, 0.2) is 5.16 Å². The number of hydrogen-bond donors (Lipinski definition) is 1. The van der Waals surface area contributed by atoms with Crippen molar-refractivity contribution < 1.29 is 0 Å². The number of nitrogens with zero attached hydrogens (tertiary/aromatic N) is 4. The number of aromatic nitrogens is 3. The minimum Gasteiger partial charge on any atom is -0.354 e. The van der Waals surface area contributed by atoms with Gasteiger partial charge in [-0.25, -0.2) is 0 Å². The third kappa shape index (κ3) is 4.07. The van der Waals surface area contributed by atoms with E-state index in [1.807, 2.05) is 30.4 Å². The maximum absolute atomic E-state index is 4.45.